The second-order valence-electron chi connectivity index (χ2n) is 3.53. The molecule has 16 heavy (non-hydrogen) atoms. The SMILES string of the molecule is CC#CCCNC(C)c1ccc(F)c(F)c1. The first-order valence-corrected chi connectivity index (χ1v) is 5.23. The summed E-state index contributed by atoms with van der Waals surface area (Å²) in [5, 5.41) is 3.19. The Hall–Kier alpha value is -1.40. The van der Waals surface area contributed by atoms with Crippen molar-refractivity contribution in [2.75, 3.05) is 6.54 Å². The highest BCUT2D eigenvalue weighted by Gasteiger charge is 2.07. The van der Waals surface area contributed by atoms with Gasteiger partial charge in [0.05, 0.1) is 0 Å². The predicted octanol–water partition coefficient (Wildman–Crippen LogP) is 3.03. The maximum Gasteiger partial charge on any atom is 0.159 e. The highest BCUT2D eigenvalue weighted by molar-refractivity contribution is 5.20. The summed E-state index contributed by atoms with van der Waals surface area (Å²) < 4.78 is 25.7. The van der Waals surface area contributed by atoms with Crippen LogP contribution < -0.4 is 5.32 Å². The van der Waals surface area contributed by atoms with Crippen molar-refractivity contribution in [3.05, 3.63) is 35.4 Å². The van der Waals surface area contributed by atoms with Gasteiger partial charge in [0.1, 0.15) is 0 Å². The molecular formula is C13H15F2N. The van der Waals surface area contributed by atoms with Gasteiger partial charge in [-0.05, 0) is 31.5 Å². The summed E-state index contributed by atoms with van der Waals surface area (Å²) in [5.41, 5.74) is 0.739. The fraction of sp³-hybridized carbons (Fsp3) is 0.385. The van der Waals surface area contributed by atoms with Crippen LogP contribution in [-0.4, -0.2) is 6.54 Å². The zero-order valence-electron chi connectivity index (χ0n) is 9.48. The van der Waals surface area contributed by atoms with Crippen LogP contribution in [0.25, 0.3) is 0 Å². The van der Waals surface area contributed by atoms with Crippen LogP contribution in [0.4, 0.5) is 8.78 Å². The minimum absolute atomic E-state index is 0.00578. The van der Waals surface area contributed by atoms with Gasteiger partial charge < -0.3 is 5.32 Å². The number of hydrogen-bond donors (Lipinski definition) is 1. The fourth-order valence-corrected chi connectivity index (χ4v) is 1.38. The van der Waals surface area contributed by atoms with Crippen molar-refractivity contribution in [2.24, 2.45) is 0 Å². The molecule has 0 aromatic heterocycles. The normalized spacial score (nSPS) is 11.8. The Morgan fingerprint density at radius 1 is 1.31 bits per heavy atom. The minimum atomic E-state index is -0.812. The maximum absolute atomic E-state index is 13.0. The Morgan fingerprint density at radius 3 is 2.69 bits per heavy atom. The Bertz CT molecular complexity index is 404. The summed E-state index contributed by atoms with van der Waals surface area (Å²) in [6.45, 7) is 4.44. The molecular weight excluding hydrogens is 208 g/mol. The molecule has 0 aliphatic heterocycles. The van der Waals surface area contributed by atoms with Crippen LogP contribution in [0.2, 0.25) is 0 Å². The van der Waals surface area contributed by atoms with Crippen LogP contribution in [0.3, 0.4) is 0 Å². The van der Waals surface area contributed by atoms with Gasteiger partial charge in [-0.15, -0.1) is 11.8 Å². The average molecular weight is 223 g/mol. The van der Waals surface area contributed by atoms with Crippen LogP contribution in [0.1, 0.15) is 31.9 Å². The van der Waals surface area contributed by atoms with Crippen molar-refractivity contribution in [2.45, 2.75) is 26.3 Å². The third-order valence-electron chi connectivity index (χ3n) is 2.32. The molecule has 0 spiro atoms. The van der Waals surface area contributed by atoms with Gasteiger partial charge in [0.2, 0.25) is 0 Å². The lowest BCUT2D eigenvalue weighted by atomic mass is 10.1. The molecule has 1 aromatic carbocycles. The van der Waals surface area contributed by atoms with E-state index in [0.29, 0.717) is 0 Å². The van der Waals surface area contributed by atoms with E-state index in [2.05, 4.69) is 17.2 Å². The summed E-state index contributed by atoms with van der Waals surface area (Å²) in [5.74, 6) is 4.11. The molecule has 0 fully saturated rings. The number of hydrogen-bond acceptors (Lipinski definition) is 1. The molecule has 3 heteroatoms. The second kappa shape index (κ2) is 6.24. The summed E-state index contributed by atoms with van der Waals surface area (Å²) in [6, 6.07) is 3.95. The minimum Gasteiger partial charge on any atom is -0.309 e. The molecule has 1 atom stereocenters. The zero-order valence-corrected chi connectivity index (χ0v) is 9.48. The molecule has 0 heterocycles. The first-order chi connectivity index (χ1) is 7.65. The van der Waals surface area contributed by atoms with E-state index in [1.807, 2.05) is 6.92 Å². The summed E-state index contributed by atoms with van der Waals surface area (Å²) in [4.78, 5) is 0. The Kier molecular flexibility index (Phi) is 4.94. The van der Waals surface area contributed by atoms with Gasteiger partial charge in [-0.1, -0.05) is 6.07 Å². The molecule has 1 aromatic rings. The Balaban J connectivity index is 2.54. The van der Waals surface area contributed by atoms with Gasteiger partial charge in [0.25, 0.3) is 0 Å². The smallest absolute Gasteiger partial charge is 0.159 e. The van der Waals surface area contributed by atoms with E-state index >= 15 is 0 Å². The summed E-state index contributed by atoms with van der Waals surface area (Å²) >= 11 is 0. The van der Waals surface area contributed by atoms with Gasteiger partial charge in [0.15, 0.2) is 11.6 Å². The number of benzene rings is 1. The molecule has 0 saturated carbocycles. The van der Waals surface area contributed by atoms with Crippen LogP contribution in [-0.2, 0) is 0 Å². The van der Waals surface area contributed by atoms with Crippen molar-refractivity contribution < 1.29 is 8.78 Å². The molecule has 1 N–H and O–H groups in total. The molecule has 0 saturated heterocycles. The lowest BCUT2D eigenvalue weighted by Gasteiger charge is -2.13. The predicted molar refractivity (Wildman–Crippen MR) is 60.8 cm³/mol. The molecule has 1 unspecified atom stereocenters. The molecule has 86 valence electrons. The Morgan fingerprint density at radius 2 is 2.06 bits per heavy atom. The summed E-state index contributed by atoms with van der Waals surface area (Å²) in [7, 11) is 0. The quantitative estimate of drug-likeness (QED) is 0.611. The molecule has 1 nitrogen and oxygen atoms in total. The van der Waals surface area contributed by atoms with Crippen molar-refractivity contribution in [3.63, 3.8) is 0 Å². The number of nitrogens with one attached hydrogen (secondary N) is 1. The number of rotatable bonds is 4. The van der Waals surface area contributed by atoms with Gasteiger partial charge in [-0.25, -0.2) is 8.78 Å². The van der Waals surface area contributed by atoms with Crippen LogP contribution in [0.5, 0.6) is 0 Å². The molecule has 0 radical (unpaired) electrons. The van der Waals surface area contributed by atoms with Gasteiger partial charge in [-0.2, -0.15) is 0 Å². The molecule has 0 aliphatic rings. The van der Waals surface area contributed by atoms with E-state index in [1.165, 1.54) is 6.07 Å². The summed E-state index contributed by atoms with van der Waals surface area (Å²) in [6.07, 6.45) is 0.754. The van der Waals surface area contributed by atoms with Crippen molar-refractivity contribution in [1.82, 2.24) is 5.32 Å². The van der Waals surface area contributed by atoms with E-state index < -0.39 is 11.6 Å². The molecule has 1 rings (SSSR count). The van der Waals surface area contributed by atoms with E-state index in [9.17, 15) is 8.78 Å². The third-order valence-corrected chi connectivity index (χ3v) is 2.32. The van der Waals surface area contributed by atoms with E-state index in [-0.39, 0.29) is 6.04 Å². The van der Waals surface area contributed by atoms with Crippen molar-refractivity contribution in [1.29, 1.82) is 0 Å². The molecule has 0 bridgehead atoms. The van der Waals surface area contributed by atoms with E-state index in [0.717, 1.165) is 24.6 Å². The van der Waals surface area contributed by atoms with Crippen LogP contribution >= 0.6 is 0 Å². The monoisotopic (exact) mass is 223 g/mol. The fourth-order valence-electron chi connectivity index (χ4n) is 1.38. The Labute approximate surface area is 94.9 Å². The van der Waals surface area contributed by atoms with Crippen molar-refractivity contribution >= 4 is 0 Å². The lowest BCUT2D eigenvalue weighted by molar-refractivity contribution is 0.501. The second-order valence-corrected chi connectivity index (χ2v) is 3.53. The highest BCUT2D eigenvalue weighted by atomic mass is 19.2. The van der Waals surface area contributed by atoms with E-state index in [4.69, 9.17) is 0 Å². The molecule has 0 amide bonds. The first kappa shape index (κ1) is 12.7. The maximum atomic E-state index is 13.0. The van der Waals surface area contributed by atoms with Crippen molar-refractivity contribution in [3.8, 4) is 11.8 Å². The largest absolute Gasteiger partial charge is 0.309 e. The highest BCUT2D eigenvalue weighted by Crippen LogP contribution is 2.15. The standard InChI is InChI=1S/C13H15F2N/c1-3-4-5-8-16-10(2)11-6-7-12(14)13(15)9-11/h6-7,9-10,16H,5,8H2,1-2H3. The topological polar surface area (TPSA) is 12.0 Å². The van der Waals surface area contributed by atoms with Crippen LogP contribution in [0.15, 0.2) is 18.2 Å². The lowest BCUT2D eigenvalue weighted by Crippen LogP contribution is -2.19. The zero-order chi connectivity index (χ0) is 12.0. The first-order valence-electron chi connectivity index (χ1n) is 5.23. The number of halogens is 2. The van der Waals surface area contributed by atoms with E-state index in [1.54, 1.807) is 13.0 Å². The van der Waals surface area contributed by atoms with Crippen LogP contribution in [0, 0.1) is 23.5 Å². The van der Waals surface area contributed by atoms with Gasteiger partial charge in [-0.3, -0.25) is 0 Å². The molecule has 0 aliphatic carbocycles. The van der Waals surface area contributed by atoms with Gasteiger partial charge in [0, 0.05) is 19.0 Å². The third kappa shape index (κ3) is 3.63. The average Bonchev–Trinajstić information content (AvgIpc) is 2.28. The van der Waals surface area contributed by atoms with Gasteiger partial charge >= 0.3 is 0 Å².